The van der Waals surface area contributed by atoms with Crippen LogP contribution in [0.25, 0.3) is 0 Å². The molecule has 0 aliphatic carbocycles. The number of alkyl carbamates (subject to hydrolysis) is 1. The third kappa shape index (κ3) is 7.62. The summed E-state index contributed by atoms with van der Waals surface area (Å²) in [7, 11) is 0. The van der Waals surface area contributed by atoms with Crippen molar-refractivity contribution in [3.63, 3.8) is 0 Å². The van der Waals surface area contributed by atoms with E-state index in [9.17, 15) is 22.8 Å². The number of carboxylic acid groups (broad SMARTS) is 1. The molecule has 0 aromatic heterocycles. The number of hydrogen-bond acceptors (Lipinski definition) is 4. The molecule has 0 saturated carbocycles. The number of carbonyl (C=O) groups excluding carboxylic acids is 1. The van der Waals surface area contributed by atoms with Crippen LogP contribution in [0.15, 0.2) is 18.2 Å². The van der Waals surface area contributed by atoms with Gasteiger partial charge in [0.1, 0.15) is 11.4 Å². The fourth-order valence-corrected chi connectivity index (χ4v) is 2.00. The smallest absolute Gasteiger partial charge is 0.419 e. The van der Waals surface area contributed by atoms with Gasteiger partial charge in [0.05, 0.1) is 12.2 Å². The van der Waals surface area contributed by atoms with Crippen molar-refractivity contribution in [3.8, 4) is 5.75 Å². The molecule has 146 valence electrons. The summed E-state index contributed by atoms with van der Waals surface area (Å²) in [6, 6.07) is 3.46. The molecule has 1 aromatic rings. The third-order valence-corrected chi connectivity index (χ3v) is 3.01. The maximum absolute atomic E-state index is 13.2. The van der Waals surface area contributed by atoms with Crippen molar-refractivity contribution >= 4 is 12.1 Å². The van der Waals surface area contributed by atoms with Gasteiger partial charge in [-0.05, 0) is 33.3 Å². The molecule has 1 amide bonds. The average molecular weight is 377 g/mol. The number of carboxylic acids is 1. The zero-order valence-electron chi connectivity index (χ0n) is 14.8. The number of hydrogen-bond donors (Lipinski definition) is 2. The molecular weight excluding hydrogens is 355 g/mol. The maximum atomic E-state index is 13.2. The SMILES string of the molecule is CC(C)(C)OC(=O)NCc1cccc(C(F)(F)F)c1OCCCC(=O)O. The molecule has 0 heterocycles. The van der Waals surface area contributed by atoms with E-state index in [-0.39, 0.29) is 31.6 Å². The van der Waals surface area contributed by atoms with Crippen LogP contribution in [-0.4, -0.2) is 29.4 Å². The Labute approximate surface area is 149 Å². The molecule has 0 bridgehead atoms. The van der Waals surface area contributed by atoms with Gasteiger partial charge in [-0.2, -0.15) is 13.2 Å². The van der Waals surface area contributed by atoms with Gasteiger partial charge in [0.25, 0.3) is 0 Å². The molecule has 0 aliphatic heterocycles. The number of carbonyl (C=O) groups is 2. The average Bonchev–Trinajstić information content (AvgIpc) is 2.47. The van der Waals surface area contributed by atoms with Crippen molar-refractivity contribution in [2.75, 3.05) is 6.61 Å². The van der Waals surface area contributed by atoms with Crippen LogP contribution in [0.3, 0.4) is 0 Å². The zero-order chi connectivity index (χ0) is 20.0. The van der Waals surface area contributed by atoms with Crippen molar-refractivity contribution in [1.29, 1.82) is 0 Å². The van der Waals surface area contributed by atoms with Crippen LogP contribution in [-0.2, 0) is 22.3 Å². The minimum atomic E-state index is -4.65. The molecule has 0 atom stereocenters. The van der Waals surface area contributed by atoms with Crippen LogP contribution in [0, 0.1) is 0 Å². The third-order valence-electron chi connectivity index (χ3n) is 3.01. The van der Waals surface area contributed by atoms with E-state index >= 15 is 0 Å². The van der Waals surface area contributed by atoms with Crippen LogP contribution in [0.1, 0.15) is 44.7 Å². The van der Waals surface area contributed by atoms with Crippen LogP contribution in [0.2, 0.25) is 0 Å². The Bertz CT molecular complexity index is 638. The quantitative estimate of drug-likeness (QED) is 0.703. The predicted octanol–water partition coefficient (Wildman–Crippen LogP) is 3.97. The number of amides is 1. The van der Waals surface area contributed by atoms with Gasteiger partial charge in [-0.25, -0.2) is 4.79 Å². The Morgan fingerprint density at radius 2 is 1.85 bits per heavy atom. The second-order valence-electron chi connectivity index (χ2n) is 6.49. The Morgan fingerprint density at radius 1 is 1.19 bits per heavy atom. The first-order valence-corrected chi connectivity index (χ1v) is 7.90. The molecule has 0 aliphatic rings. The van der Waals surface area contributed by atoms with Crippen molar-refractivity contribution in [2.24, 2.45) is 0 Å². The predicted molar refractivity (Wildman–Crippen MR) is 86.9 cm³/mol. The van der Waals surface area contributed by atoms with Crippen LogP contribution in [0.5, 0.6) is 5.75 Å². The highest BCUT2D eigenvalue weighted by Crippen LogP contribution is 2.38. The van der Waals surface area contributed by atoms with Crippen LogP contribution >= 0.6 is 0 Å². The van der Waals surface area contributed by atoms with E-state index in [1.54, 1.807) is 20.8 Å². The van der Waals surface area contributed by atoms with Gasteiger partial charge in [0.15, 0.2) is 0 Å². The molecule has 2 N–H and O–H groups in total. The van der Waals surface area contributed by atoms with E-state index in [2.05, 4.69) is 5.32 Å². The van der Waals surface area contributed by atoms with Crippen LogP contribution in [0.4, 0.5) is 18.0 Å². The highest BCUT2D eigenvalue weighted by molar-refractivity contribution is 5.68. The number of halogens is 3. The van der Waals surface area contributed by atoms with Crippen LogP contribution < -0.4 is 10.1 Å². The molecule has 0 radical (unpaired) electrons. The molecular formula is C17H22F3NO5. The lowest BCUT2D eigenvalue weighted by molar-refractivity contribution is -0.140. The first-order valence-electron chi connectivity index (χ1n) is 7.90. The second kappa shape index (κ2) is 8.77. The van der Waals surface area contributed by atoms with Gasteiger partial charge < -0.3 is 19.9 Å². The Morgan fingerprint density at radius 3 is 2.38 bits per heavy atom. The van der Waals surface area contributed by atoms with E-state index in [1.165, 1.54) is 12.1 Å². The zero-order valence-corrected chi connectivity index (χ0v) is 14.8. The summed E-state index contributed by atoms with van der Waals surface area (Å²) in [5.41, 5.74) is -1.62. The van der Waals surface area contributed by atoms with E-state index in [4.69, 9.17) is 14.6 Å². The number of ether oxygens (including phenoxy) is 2. The van der Waals surface area contributed by atoms with Crippen molar-refractivity contribution in [1.82, 2.24) is 5.32 Å². The minimum Gasteiger partial charge on any atom is -0.493 e. The van der Waals surface area contributed by atoms with Gasteiger partial charge >= 0.3 is 18.2 Å². The molecule has 6 nitrogen and oxygen atoms in total. The fraction of sp³-hybridized carbons (Fsp3) is 0.529. The summed E-state index contributed by atoms with van der Waals surface area (Å²) in [5.74, 6) is -1.49. The minimum absolute atomic E-state index is 0.0560. The highest BCUT2D eigenvalue weighted by Gasteiger charge is 2.35. The number of alkyl halides is 3. The molecule has 0 unspecified atom stereocenters. The van der Waals surface area contributed by atoms with Gasteiger partial charge in [-0.1, -0.05) is 12.1 Å². The highest BCUT2D eigenvalue weighted by atomic mass is 19.4. The molecule has 1 rings (SSSR count). The second-order valence-corrected chi connectivity index (χ2v) is 6.49. The topological polar surface area (TPSA) is 84.9 Å². The Kier molecular flexibility index (Phi) is 7.29. The maximum Gasteiger partial charge on any atom is 0.419 e. The number of nitrogens with one attached hydrogen (secondary N) is 1. The number of aliphatic carboxylic acids is 1. The molecule has 26 heavy (non-hydrogen) atoms. The van der Waals surface area contributed by atoms with Crippen molar-refractivity contribution in [3.05, 3.63) is 29.3 Å². The fourth-order valence-electron chi connectivity index (χ4n) is 2.00. The number of benzene rings is 1. The summed E-state index contributed by atoms with van der Waals surface area (Å²) in [4.78, 5) is 22.2. The summed E-state index contributed by atoms with van der Waals surface area (Å²) in [6.07, 6.45) is -5.59. The van der Waals surface area contributed by atoms with Gasteiger partial charge in [-0.15, -0.1) is 0 Å². The van der Waals surface area contributed by atoms with E-state index in [1.807, 2.05) is 0 Å². The van der Waals surface area contributed by atoms with Crippen molar-refractivity contribution in [2.45, 2.75) is 51.9 Å². The lowest BCUT2D eigenvalue weighted by Crippen LogP contribution is -2.32. The van der Waals surface area contributed by atoms with E-state index in [0.29, 0.717) is 0 Å². The Balaban J connectivity index is 2.92. The molecule has 9 heteroatoms. The lowest BCUT2D eigenvalue weighted by atomic mass is 10.1. The summed E-state index contributed by atoms with van der Waals surface area (Å²) in [6.45, 7) is 4.56. The molecule has 0 spiro atoms. The summed E-state index contributed by atoms with van der Waals surface area (Å²) >= 11 is 0. The van der Waals surface area contributed by atoms with Gasteiger partial charge in [0, 0.05) is 18.5 Å². The van der Waals surface area contributed by atoms with Gasteiger partial charge in [-0.3, -0.25) is 4.79 Å². The largest absolute Gasteiger partial charge is 0.493 e. The standard InChI is InChI=1S/C17H22F3NO5/c1-16(2,3)26-15(24)21-10-11-6-4-7-12(17(18,19)20)14(11)25-9-5-8-13(22)23/h4,6-7H,5,8-10H2,1-3H3,(H,21,24)(H,22,23). The molecule has 1 aromatic carbocycles. The summed E-state index contributed by atoms with van der Waals surface area (Å²) in [5, 5.41) is 11.0. The van der Waals surface area contributed by atoms with Crippen molar-refractivity contribution < 1.29 is 37.3 Å². The summed E-state index contributed by atoms with van der Waals surface area (Å²) < 4.78 is 49.8. The van der Waals surface area contributed by atoms with E-state index < -0.39 is 35.2 Å². The molecule has 0 saturated heterocycles. The number of rotatable bonds is 7. The molecule has 0 fully saturated rings. The monoisotopic (exact) mass is 377 g/mol. The normalized spacial score (nSPS) is 11.8. The first-order chi connectivity index (χ1) is 11.9. The van der Waals surface area contributed by atoms with Gasteiger partial charge in [0.2, 0.25) is 0 Å². The Hall–Kier alpha value is -2.45. The number of para-hydroxylation sites is 1. The van der Waals surface area contributed by atoms with E-state index in [0.717, 1.165) is 6.07 Å². The first kappa shape index (κ1) is 21.6. The lowest BCUT2D eigenvalue weighted by Gasteiger charge is -2.21.